The molecule has 1 aliphatic heterocycles. The molecule has 2 aliphatic rings. The number of anilines is 2. The normalized spacial score (nSPS) is 16.1. The molecule has 2 heterocycles. The molecule has 1 aromatic heterocycles. The zero-order valence-electron chi connectivity index (χ0n) is 17.2. The number of nitrogens with one attached hydrogen (secondary N) is 3. The molecule has 4 rings (SSSR count). The molecule has 1 aromatic carbocycles. The van der Waals surface area contributed by atoms with Crippen molar-refractivity contribution in [3.63, 3.8) is 0 Å². The van der Waals surface area contributed by atoms with Crippen LogP contribution < -0.4 is 20.9 Å². The number of urea groups is 1. The predicted molar refractivity (Wildman–Crippen MR) is 117 cm³/mol. The fourth-order valence-corrected chi connectivity index (χ4v) is 3.79. The first-order valence-corrected chi connectivity index (χ1v) is 10.8. The molecule has 1 saturated heterocycles. The van der Waals surface area contributed by atoms with E-state index in [0.717, 1.165) is 55.0 Å². The van der Waals surface area contributed by atoms with E-state index in [1.54, 1.807) is 6.20 Å². The number of nitrogens with zero attached hydrogens (tertiary/aromatic N) is 2. The highest BCUT2D eigenvalue weighted by Crippen LogP contribution is 2.27. The van der Waals surface area contributed by atoms with Crippen molar-refractivity contribution >= 4 is 23.4 Å². The predicted octanol–water partition coefficient (Wildman–Crippen LogP) is 3.42. The van der Waals surface area contributed by atoms with Crippen LogP contribution in [0.1, 0.15) is 43.2 Å². The summed E-state index contributed by atoms with van der Waals surface area (Å²) in [5.74, 6) is 1.22. The molecule has 3 N–H and O–H groups in total. The highest BCUT2D eigenvalue weighted by atomic mass is 16.2. The SMILES string of the molecule is O=C(NCc1cccc(NC(=O)C2CCC2)c1)NCc1ccnc(N2CCCC2)c1. The lowest BCUT2D eigenvalue weighted by Crippen LogP contribution is -2.34. The van der Waals surface area contributed by atoms with Crippen molar-refractivity contribution in [2.24, 2.45) is 5.92 Å². The molecule has 0 radical (unpaired) electrons. The van der Waals surface area contributed by atoms with Crippen LogP contribution in [0.25, 0.3) is 0 Å². The van der Waals surface area contributed by atoms with Crippen molar-refractivity contribution in [2.75, 3.05) is 23.3 Å². The number of pyridine rings is 1. The van der Waals surface area contributed by atoms with Crippen LogP contribution >= 0.6 is 0 Å². The van der Waals surface area contributed by atoms with Crippen LogP contribution in [0.15, 0.2) is 42.6 Å². The molecule has 1 aliphatic carbocycles. The second-order valence-corrected chi connectivity index (χ2v) is 8.07. The first-order chi connectivity index (χ1) is 14.7. The van der Waals surface area contributed by atoms with Gasteiger partial charge >= 0.3 is 6.03 Å². The summed E-state index contributed by atoms with van der Waals surface area (Å²) in [6.45, 7) is 2.94. The van der Waals surface area contributed by atoms with Gasteiger partial charge < -0.3 is 20.9 Å². The molecule has 7 heteroatoms. The van der Waals surface area contributed by atoms with E-state index in [1.165, 1.54) is 12.8 Å². The summed E-state index contributed by atoms with van der Waals surface area (Å²) in [4.78, 5) is 31.0. The van der Waals surface area contributed by atoms with Crippen molar-refractivity contribution in [3.8, 4) is 0 Å². The van der Waals surface area contributed by atoms with Crippen molar-refractivity contribution in [1.82, 2.24) is 15.6 Å². The topological polar surface area (TPSA) is 86.4 Å². The highest BCUT2D eigenvalue weighted by Gasteiger charge is 2.25. The van der Waals surface area contributed by atoms with Crippen LogP contribution in [0.5, 0.6) is 0 Å². The number of benzene rings is 1. The number of hydrogen-bond acceptors (Lipinski definition) is 4. The maximum atomic E-state index is 12.2. The van der Waals surface area contributed by atoms with Gasteiger partial charge in [-0.3, -0.25) is 4.79 Å². The molecule has 0 unspecified atom stereocenters. The third-order valence-electron chi connectivity index (χ3n) is 5.82. The van der Waals surface area contributed by atoms with E-state index in [1.807, 2.05) is 36.4 Å². The third-order valence-corrected chi connectivity index (χ3v) is 5.82. The zero-order valence-corrected chi connectivity index (χ0v) is 17.2. The summed E-state index contributed by atoms with van der Waals surface area (Å²) in [5.41, 5.74) is 2.75. The van der Waals surface area contributed by atoms with Crippen LogP contribution in [0.4, 0.5) is 16.3 Å². The molecule has 7 nitrogen and oxygen atoms in total. The zero-order chi connectivity index (χ0) is 20.8. The average molecular weight is 408 g/mol. The first-order valence-electron chi connectivity index (χ1n) is 10.8. The van der Waals surface area contributed by atoms with Gasteiger partial charge in [0.1, 0.15) is 5.82 Å². The van der Waals surface area contributed by atoms with Gasteiger partial charge in [-0.25, -0.2) is 9.78 Å². The summed E-state index contributed by atoms with van der Waals surface area (Å²) < 4.78 is 0. The molecule has 0 bridgehead atoms. The minimum absolute atomic E-state index is 0.0924. The quantitative estimate of drug-likeness (QED) is 0.656. The number of hydrogen-bond donors (Lipinski definition) is 3. The van der Waals surface area contributed by atoms with Gasteiger partial charge in [0.15, 0.2) is 0 Å². The Balaban J connectivity index is 1.23. The van der Waals surface area contributed by atoms with E-state index < -0.39 is 0 Å². The molecule has 158 valence electrons. The number of aromatic nitrogens is 1. The van der Waals surface area contributed by atoms with Crippen molar-refractivity contribution in [2.45, 2.75) is 45.2 Å². The minimum atomic E-state index is -0.224. The Bertz CT molecular complexity index is 891. The van der Waals surface area contributed by atoms with Crippen LogP contribution in [0, 0.1) is 5.92 Å². The fourth-order valence-electron chi connectivity index (χ4n) is 3.79. The maximum Gasteiger partial charge on any atom is 0.315 e. The van der Waals surface area contributed by atoms with Crippen LogP contribution in [-0.2, 0) is 17.9 Å². The van der Waals surface area contributed by atoms with Crippen LogP contribution in [0.2, 0.25) is 0 Å². The van der Waals surface area contributed by atoms with E-state index in [9.17, 15) is 9.59 Å². The summed E-state index contributed by atoms with van der Waals surface area (Å²) in [6.07, 6.45) is 7.30. The summed E-state index contributed by atoms with van der Waals surface area (Å²) in [5, 5.41) is 8.74. The van der Waals surface area contributed by atoms with Crippen LogP contribution in [-0.4, -0.2) is 30.0 Å². The number of carbonyl (C=O) groups is 2. The van der Waals surface area contributed by atoms with E-state index in [4.69, 9.17) is 0 Å². The Hall–Kier alpha value is -3.09. The largest absolute Gasteiger partial charge is 0.357 e. The first kappa shape index (κ1) is 20.2. The maximum absolute atomic E-state index is 12.2. The molecule has 30 heavy (non-hydrogen) atoms. The van der Waals surface area contributed by atoms with E-state index in [0.29, 0.717) is 13.1 Å². The Morgan fingerprint density at radius 2 is 1.70 bits per heavy atom. The molecular weight excluding hydrogens is 378 g/mol. The second-order valence-electron chi connectivity index (χ2n) is 8.07. The second kappa shape index (κ2) is 9.61. The van der Waals surface area contributed by atoms with Crippen LogP contribution in [0.3, 0.4) is 0 Å². The van der Waals surface area contributed by atoms with Gasteiger partial charge in [0.05, 0.1) is 0 Å². The van der Waals surface area contributed by atoms with Gasteiger partial charge in [0.25, 0.3) is 0 Å². The number of amides is 3. The molecular formula is C23H29N5O2. The average Bonchev–Trinajstić information content (AvgIpc) is 3.25. The lowest BCUT2D eigenvalue weighted by molar-refractivity contribution is -0.122. The molecule has 3 amide bonds. The summed E-state index contributed by atoms with van der Waals surface area (Å²) >= 11 is 0. The minimum Gasteiger partial charge on any atom is -0.357 e. The van der Waals surface area contributed by atoms with Gasteiger partial charge in [0.2, 0.25) is 5.91 Å². The van der Waals surface area contributed by atoms with Gasteiger partial charge in [0, 0.05) is 44.0 Å². The Morgan fingerprint density at radius 3 is 2.40 bits per heavy atom. The molecule has 2 fully saturated rings. The summed E-state index contributed by atoms with van der Waals surface area (Å²) in [7, 11) is 0. The van der Waals surface area contributed by atoms with E-state index in [-0.39, 0.29) is 17.9 Å². The highest BCUT2D eigenvalue weighted by molar-refractivity contribution is 5.93. The smallest absolute Gasteiger partial charge is 0.315 e. The molecule has 0 atom stereocenters. The Kier molecular flexibility index (Phi) is 6.47. The molecule has 0 spiro atoms. The Labute approximate surface area is 177 Å². The monoisotopic (exact) mass is 407 g/mol. The van der Waals surface area contributed by atoms with Gasteiger partial charge in [-0.15, -0.1) is 0 Å². The third kappa shape index (κ3) is 5.28. The van der Waals surface area contributed by atoms with E-state index >= 15 is 0 Å². The van der Waals surface area contributed by atoms with Crippen molar-refractivity contribution in [1.29, 1.82) is 0 Å². The summed E-state index contributed by atoms with van der Waals surface area (Å²) in [6, 6.07) is 11.3. The van der Waals surface area contributed by atoms with Gasteiger partial charge in [-0.2, -0.15) is 0 Å². The van der Waals surface area contributed by atoms with Gasteiger partial charge in [-0.05, 0) is 61.1 Å². The molecule has 1 saturated carbocycles. The molecule has 2 aromatic rings. The standard InChI is InChI=1S/C23H29N5O2/c29-22(19-6-4-7-19)27-20-8-3-5-17(13-20)15-25-23(30)26-16-18-9-10-24-21(14-18)28-11-1-2-12-28/h3,5,8-10,13-14,19H,1-2,4,6-7,11-12,15-16H2,(H,27,29)(H2,25,26,30). The van der Waals surface area contributed by atoms with Crippen molar-refractivity contribution in [3.05, 3.63) is 53.7 Å². The number of carbonyl (C=O) groups excluding carboxylic acids is 2. The number of rotatable bonds is 7. The van der Waals surface area contributed by atoms with Crippen molar-refractivity contribution < 1.29 is 9.59 Å². The van der Waals surface area contributed by atoms with E-state index in [2.05, 4.69) is 25.8 Å². The fraction of sp³-hybridized carbons (Fsp3) is 0.435. The van der Waals surface area contributed by atoms with Gasteiger partial charge in [-0.1, -0.05) is 18.6 Å². The Morgan fingerprint density at radius 1 is 0.967 bits per heavy atom. The lowest BCUT2D eigenvalue weighted by atomic mass is 9.85. The lowest BCUT2D eigenvalue weighted by Gasteiger charge is -2.24.